The highest BCUT2D eigenvalue weighted by Gasteiger charge is 2.60. The summed E-state index contributed by atoms with van der Waals surface area (Å²) < 4.78 is 1.67. The molecule has 1 fully saturated rings. The highest BCUT2D eigenvalue weighted by atomic mass is 16.4. The van der Waals surface area contributed by atoms with Crippen molar-refractivity contribution in [2.75, 3.05) is 13.6 Å². The number of aromatic nitrogens is 2. The lowest BCUT2D eigenvalue weighted by Crippen LogP contribution is -2.64. The summed E-state index contributed by atoms with van der Waals surface area (Å²) in [4.78, 5) is 29.4. The summed E-state index contributed by atoms with van der Waals surface area (Å²) >= 11 is 0. The zero-order valence-corrected chi connectivity index (χ0v) is 12.5. The molecule has 0 saturated carbocycles. The summed E-state index contributed by atoms with van der Waals surface area (Å²) in [6, 6.07) is -1.19. The molecule has 0 aromatic carbocycles. The van der Waals surface area contributed by atoms with Crippen LogP contribution < -0.4 is 9.59 Å². The highest BCUT2D eigenvalue weighted by molar-refractivity contribution is 5.94. The van der Waals surface area contributed by atoms with Gasteiger partial charge in [-0.05, 0) is 20.8 Å². The van der Waals surface area contributed by atoms with Gasteiger partial charge in [0.15, 0.2) is 0 Å². The molecule has 2 amide bonds. The van der Waals surface area contributed by atoms with Gasteiger partial charge in [-0.3, -0.25) is 9.47 Å². The van der Waals surface area contributed by atoms with E-state index in [1.165, 1.54) is 11.9 Å². The minimum atomic E-state index is -1.23. The van der Waals surface area contributed by atoms with Gasteiger partial charge in [-0.15, -0.1) is 0 Å². The summed E-state index contributed by atoms with van der Waals surface area (Å²) in [5.41, 5.74) is -0.497. The van der Waals surface area contributed by atoms with Crippen molar-refractivity contribution < 1.29 is 14.7 Å². The van der Waals surface area contributed by atoms with Gasteiger partial charge in [-0.25, -0.2) is 9.78 Å². The van der Waals surface area contributed by atoms with Crippen LogP contribution in [0.1, 0.15) is 20.8 Å². The first-order valence-electron chi connectivity index (χ1n) is 6.46. The second-order valence-electron chi connectivity index (χ2n) is 6.25. The molecule has 7 nitrogen and oxygen atoms in total. The number of carbonyl (C=O) groups excluding carboxylic acids is 2. The first-order chi connectivity index (χ1) is 9.13. The van der Waals surface area contributed by atoms with Gasteiger partial charge in [0.05, 0.1) is 12.3 Å². The Hall–Kier alpha value is -1.89. The smallest absolute Gasteiger partial charge is 0.426 e. The third kappa shape index (κ3) is 1.73. The number of imidazole rings is 1. The predicted octanol–water partition coefficient (Wildman–Crippen LogP) is -0.290. The van der Waals surface area contributed by atoms with E-state index in [1.807, 2.05) is 20.8 Å². The van der Waals surface area contributed by atoms with Crippen molar-refractivity contribution in [1.29, 1.82) is 0 Å². The quantitative estimate of drug-likeness (QED) is 0.697. The molecule has 1 aliphatic heterocycles. The van der Waals surface area contributed by atoms with E-state index in [1.54, 1.807) is 24.1 Å². The zero-order valence-electron chi connectivity index (χ0n) is 12.5. The molecule has 1 saturated heterocycles. The summed E-state index contributed by atoms with van der Waals surface area (Å²) in [5, 5.41) is 11.3. The molecule has 1 aliphatic rings. The Labute approximate surface area is 118 Å². The zero-order chi connectivity index (χ0) is 15.3. The molecular weight excluding hydrogens is 260 g/mol. The second kappa shape index (κ2) is 4.31. The first kappa shape index (κ1) is 14.5. The topological polar surface area (TPSA) is 78.3 Å². The molecule has 2 rings (SSSR count). The lowest BCUT2D eigenvalue weighted by molar-refractivity contribution is -0.309. The van der Waals surface area contributed by atoms with Crippen LogP contribution in [-0.2, 0) is 11.8 Å². The van der Waals surface area contributed by atoms with E-state index >= 15 is 0 Å². The highest BCUT2D eigenvalue weighted by Crippen LogP contribution is 2.39. The number of rotatable bonds is 2. The molecule has 0 aliphatic carbocycles. The van der Waals surface area contributed by atoms with Crippen LogP contribution in [0, 0.1) is 0 Å². The minimum Gasteiger partial charge on any atom is -0.548 e. The summed E-state index contributed by atoms with van der Waals surface area (Å²) in [6.07, 6.45) is 3.23. The van der Waals surface area contributed by atoms with Crippen LogP contribution in [-0.4, -0.2) is 51.6 Å². The predicted molar refractivity (Wildman–Crippen MR) is 71.6 cm³/mol. The van der Waals surface area contributed by atoms with Gasteiger partial charge < -0.3 is 9.90 Å². The lowest BCUT2D eigenvalue weighted by atomic mass is 10.0. The third-order valence-electron chi connectivity index (χ3n) is 4.14. The average Bonchev–Trinajstić information content (AvgIpc) is 2.83. The maximum absolute atomic E-state index is 12.8. The van der Waals surface area contributed by atoms with E-state index in [2.05, 4.69) is 4.98 Å². The summed E-state index contributed by atoms with van der Waals surface area (Å²) in [6.45, 7) is 5.90. The van der Waals surface area contributed by atoms with Crippen LogP contribution in [0.25, 0.3) is 0 Å². The minimum absolute atomic E-state index is 0.0847. The molecule has 110 valence electrons. The number of nitrogens with zero attached hydrogens (tertiary/aromatic N) is 4. The Morgan fingerprint density at radius 3 is 2.40 bits per heavy atom. The van der Waals surface area contributed by atoms with Gasteiger partial charge in [-0.2, -0.15) is 4.48 Å². The Bertz CT molecular complexity index is 560. The van der Waals surface area contributed by atoms with Crippen LogP contribution in [0.4, 0.5) is 10.6 Å². The molecular formula is C13H20N4O3. The van der Waals surface area contributed by atoms with Crippen molar-refractivity contribution in [2.24, 2.45) is 7.05 Å². The molecule has 1 aromatic rings. The number of quaternary nitrogens is 1. The monoisotopic (exact) mass is 280 g/mol. The van der Waals surface area contributed by atoms with E-state index in [-0.39, 0.29) is 17.1 Å². The van der Waals surface area contributed by atoms with Crippen LogP contribution >= 0.6 is 0 Å². The second-order valence-corrected chi connectivity index (χ2v) is 6.25. The van der Waals surface area contributed by atoms with E-state index in [0.717, 1.165) is 0 Å². The molecule has 20 heavy (non-hydrogen) atoms. The van der Waals surface area contributed by atoms with E-state index in [0.29, 0.717) is 5.82 Å². The standard InChI is InChI=1S/C13H20N4O3/c1-13(2,3)17(10-6-14-8-15(10)4)7-9(11(18)19)16(5)12(17)20/h6,8-9H,7H2,1-5H3/t9-,17?/m0/s1. The van der Waals surface area contributed by atoms with Crippen molar-refractivity contribution in [3.8, 4) is 0 Å². The lowest BCUT2D eigenvalue weighted by Gasteiger charge is -2.41. The van der Waals surface area contributed by atoms with E-state index in [4.69, 9.17) is 0 Å². The number of aliphatic carboxylic acids is 1. The van der Waals surface area contributed by atoms with E-state index < -0.39 is 17.6 Å². The SMILES string of the molecule is CN1C(=O)[N+](c2cncn2C)(C(C)(C)C)C[C@H]1C(=O)[O-]. The fraction of sp³-hybridized carbons (Fsp3) is 0.615. The molecule has 1 aromatic heterocycles. The van der Waals surface area contributed by atoms with Crippen molar-refractivity contribution in [2.45, 2.75) is 32.4 Å². The molecule has 0 spiro atoms. The Morgan fingerprint density at radius 2 is 2.05 bits per heavy atom. The van der Waals surface area contributed by atoms with Gasteiger partial charge in [0.1, 0.15) is 24.3 Å². The summed E-state index contributed by atoms with van der Waals surface area (Å²) in [5.74, 6) is -0.551. The van der Waals surface area contributed by atoms with Crippen LogP contribution in [0.15, 0.2) is 12.5 Å². The number of hydrogen-bond acceptors (Lipinski definition) is 4. The molecule has 2 atom stereocenters. The van der Waals surface area contributed by atoms with Gasteiger partial charge in [0.25, 0.3) is 0 Å². The normalized spacial score (nSPS) is 27.1. The van der Waals surface area contributed by atoms with Crippen molar-refractivity contribution in [3.05, 3.63) is 12.5 Å². The molecule has 0 radical (unpaired) electrons. The Morgan fingerprint density at radius 1 is 1.45 bits per heavy atom. The Kier molecular flexibility index (Phi) is 3.13. The first-order valence-corrected chi connectivity index (χ1v) is 6.46. The van der Waals surface area contributed by atoms with E-state index in [9.17, 15) is 14.7 Å². The number of carboxylic acid groups (broad SMARTS) is 1. The largest absolute Gasteiger partial charge is 0.548 e. The Balaban J connectivity index is 2.65. The van der Waals surface area contributed by atoms with Gasteiger partial charge in [0, 0.05) is 14.1 Å². The van der Waals surface area contributed by atoms with Gasteiger partial charge in [0.2, 0.25) is 5.82 Å². The number of likely N-dealkylation sites (N-methyl/N-ethyl adjacent to an activating group) is 1. The fourth-order valence-corrected chi connectivity index (χ4v) is 2.91. The van der Waals surface area contributed by atoms with Crippen LogP contribution in [0.5, 0.6) is 0 Å². The number of aryl methyl sites for hydroxylation is 1. The maximum atomic E-state index is 12.8. The van der Waals surface area contributed by atoms with Gasteiger partial charge in [-0.1, -0.05) is 0 Å². The third-order valence-corrected chi connectivity index (χ3v) is 4.14. The maximum Gasteiger partial charge on any atom is 0.426 e. The van der Waals surface area contributed by atoms with Crippen molar-refractivity contribution in [1.82, 2.24) is 18.9 Å². The van der Waals surface area contributed by atoms with Crippen molar-refractivity contribution >= 4 is 17.8 Å². The molecule has 1 unspecified atom stereocenters. The molecule has 0 bridgehead atoms. The van der Waals surface area contributed by atoms with Crippen LogP contribution in [0.3, 0.4) is 0 Å². The van der Waals surface area contributed by atoms with Crippen molar-refractivity contribution in [3.63, 3.8) is 0 Å². The number of carboxylic acids is 1. The molecule has 0 N–H and O–H groups in total. The molecule has 7 heteroatoms. The number of carbonyl (C=O) groups is 2. The average molecular weight is 280 g/mol. The number of hydrogen-bond donors (Lipinski definition) is 0. The fourth-order valence-electron chi connectivity index (χ4n) is 2.91. The van der Waals surface area contributed by atoms with Crippen LogP contribution in [0.2, 0.25) is 0 Å². The number of urea groups is 1. The summed E-state index contributed by atoms with van der Waals surface area (Å²) in [7, 11) is 3.30. The molecule has 2 heterocycles. The number of amides is 2. The van der Waals surface area contributed by atoms with Gasteiger partial charge >= 0.3 is 6.03 Å².